The smallest absolute Gasteiger partial charge is 0.301 e. The first-order valence-electron chi connectivity index (χ1n) is 9.40. The number of aliphatic hydroxyl groups is 1. The molecule has 1 N–H and O–H groups in total. The van der Waals surface area contributed by atoms with E-state index in [1.54, 1.807) is 54.0 Å². The number of ether oxygens (including phenoxy) is 2. The molecule has 156 valence electrons. The molecular formula is C22H15ClN2O5S. The highest BCUT2D eigenvalue weighted by Gasteiger charge is 2.48. The van der Waals surface area contributed by atoms with E-state index in [0.29, 0.717) is 46.0 Å². The summed E-state index contributed by atoms with van der Waals surface area (Å²) >= 11 is 7.26. The molecule has 0 spiro atoms. The number of thiazole rings is 1. The van der Waals surface area contributed by atoms with Crippen molar-refractivity contribution in [3.05, 3.63) is 75.8 Å². The number of anilines is 1. The summed E-state index contributed by atoms with van der Waals surface area (Å²) in [6.45, 7) is 0.824. The zero-order chi connectivity index (χ0) is 21.5. The van der Waals surface area contributed by atoms with Gasteiger partial charge < -0.3 is 14.6 Å². The molecular weight excluding hydrogens is 440 g/mol. The number of aromatic nitrogens is 1. The van der Waals surface area contributed by atoms with E-state index >= 15 is 0 Å². The quantitative estimate of drug-likeness (QED) is 0.362. The van der Waals surface area contributed by atoms with E-state index in [0.717, 1.165) is 0 Å². The van der Waals surface area contributed by atoms with E-state index in [2.05, 4.69) is 4.98 Å². The number of carbonyl (C=O) groups excluding carboxylic acids is 2. The van der Waals surface area contributed by atoms with E-state index in [4.69, 9.17) is 21.1 Å². The number of carbonyl (C=O) groups is 2. The van der Waals surface area contributed by atoms with Crippen LogP contribution in [0.1, 0.15) is 17.2 Å². The largest absolute Gasteiger partial charge is 0.507 e. The molecule has 1 amide bonds. The summed E-state index contributed by atoms with van der Waals surface area (Å²) in [4.78, 5) is 31.5. The van der Waals surface area contributed by atoms with E-state index in [-0.39, 0.29) is 11.3 Å². The molecule has 3 heterocycles. The zero-order valence-corrected chi connectivity index (χ0v) is 17.5. The van der Waals surface area contributed by atoms with Crippen molar-refractivity contribution >= 4 is 45.5 Å². The Morgan fingerprint density at radius 2 is 1.84 bits per heavy atom. The first-order valence-corrected chi connectivity index (χ1v) is 10.7. The van der Waals surface area contributed by atoms with Crippen LogP contribution in [0.3, 0.4) is 0 Å². The number of ketones is 1. The number of amides is 1. The third kappa shape index (κ3) is 3.34. The molecule has 1 saturated heterocycles. The summed E-state index contributed by atoms with van der Waals surface area (Å²) in [6.07, 6.45) is 1.55. The normalized spacial score (nSPS) is 19.6. The minimum atomic E-state index is -0.850. The fourth-order valence-electron chi connectivity index (χ4n) is 3.67. The molecule has 31 heavy (non-hydrogen) atoms. The zero-order valence-electron chi connectivity index (χ0n) is 15.9. The molecule has 2 aliphatic rings. The Balaban J connectivity index is 1.68. The Kier molecular flexibility index (Phi) is 4.88. The lowest BCUT2D eigenvalue weighted by atomic mass is 9.95. The highest BCUT2D eigenvalue weighted by molar-refractivity contribution is 7.14. The Hall–Kier alpha value is -3.36. The van der Waals surface area contributed by atoms with Crippen LogP contribution in [-0.2, 0) is 9.59 Å². The number of nitrogens with zero attached hydrogens (tertiary/aromatic N) is 2. The van der Waals surface area contributed by atoms with Crippen molar-refractivity contribution in [3.8, 4) is 11.5 Å². The highest BCUT2D eigenvalue weighted by atomic mass is 35.5. The number of benzene rings is 2. The SMILES string of the molecule is O=C1C(=O)N(c2nccs2)[C@H](c2ccc(Cl)cc2)C1=C(O)c1ccc2c(c1)OCCO2. The van der Waals surface area contributed by atoms with Crippen LogP contribution in [0.2, 0.25) is 5.02 Å². The Morgan fingerprint density at radius 3 is 2.55 bits per heavy atom. The fraction of sp³-hybridized carbons (Fsp3) is 0.136. The molecule has 7 nitrogen and oxygen atoms in total. The first-order chi connectivity index (χ1) is 15.0. The molecule has 1 aromatic heterocycles. The van der Waals surface area contributed by atoms with Crippen LogP contribution in [0.5, 0.6) is 11.5 Å². The standard InChI is InChI=1S/C22H15ClN2O5S/c23-14-4-1-12(2-5-14)18-17(20(27)21(28)25(18)22-24-7-10-31-22)19(26)13-3-6-15-16(11-13)30-9-8-29-15/h1-7,10-11,18,26H,8-9H2/t18-/m1/s1. The number of rotatable bonds is 3. The monoisotopic (exact) mass is 454 g/mol. The summed E-state index contributed by atoms with van der Waals surface area (Å²) in [6, 6.07) is 10.8. The number of hydrogen-bond acceptors (Lipinski definition) is 7. The van der Waals surface area contributed by atoms with Crippen molar-refractivity contribution < 1.29 is 24.2 Å². The van der Waals surface area contributed by atoms with Crippen LogP contribution in [0.4, 0.5) is 5.13 Å². The minimum absolute atomic E-state index is 0.0285. The van der Waals surface area contributed by atoms with Crippen molar-refractivity contribution in [2.45, 2.75) is 6.04 Å². The molecule has 3 aromatic rings. The summed E-state index contributed by atoms with van der Waals surface area (Å²) in [5.74, 6) is -0.821. The lowest BCUT2D eigenvalue weighted by molar-refractivity contribution is -0.132. The second-order valence-corrected chi connectivity index (χ2v) is 8.20. The van der Waals surface area contributed by atoms with Gasteiger partial charge in [0.25, 0.3) is 5.78 Å². The maximum Gasteiger partial charge on any atom is 0.301 e. The van der Waals surface area contributed by atoms with Gasteiger partial charge in [-0.3, -0.25) is 14.5 Å². The van der Waals surface area contributed by atoms with Gasteiger partial charge in [-0.05, 0) is 35.9 Å². The number of Topliss-reactive ketones (excluding diaryl/α,β-unsaturated/α-hetero) is 1. The van der Waals surface area contributed by atoms with Gasteiger partial charge in [-0.1, -0.05) is 23.7 Å². The van der Waals surface area contributed by atoms with Gasteiger partial charge in [0.1, 0.15) is 19.0 Å². The topological polar surface area (TPSA) is 89.0 Å². The Bertz CT molecular complexity index is 1210. The predicted octanol–water partition coefficient (Wildman–Crippen LogP) is 4.19. The van der Waals surface area contributed by atoms with Gasteiger partial charge in [-0.2, -0.15) is 0 Å². The van der Waals surface area contributed by atoms with Crippen LogP contribution in [-0.4, -0.2) is 35.0 Å². The molecule has 0 radical (unpaired) electrons. The third-order valence-corrected chi connectivity index (χ3v) is 6.09. The Morgan fingerprint density at radius 1 is 1.10 bits per heavy atom. The molecule has 2 aromatic carbocycles. The number of aliphatic hydroxyl groups excluding tert-OH is 1. The fourth-order valence-corrected chi connectivity index (χ4v) is 4.46. The van der Waals surface area contributed by atoms with Gasteiger partial charge in [-0.25, -0.2) is 4.98 Å². The lowest BCUT2D eigenvalue weighted by Gasteiger charge is -2.23. The van der Waals surface area contributed by atoms with E-state index in [9.17, 15) is 14.7 Å². The lowest BCUT2D eigenvalue weighted by Crippen LogP contribution is -2.29. The maximum absolute atomic E-state index is 13.1. The number of halogens is 1. The molecule has 0 aliphatic carbocycles. The van der Waals surface area contributed by atoms with Gasteiger partial charge in [0.05, 0.1) is 11.6 Å². The molecule has 9 heteroatoms. The molecule has 2 aliphatic heterocycles. The van der Waals surface area contributed by atoms with Crippen LogP contribution in [0.25, 0.3) is 5.76 Å². The molecule has 0 unspecified atom stereocenters. The van der Waals surface area contributed by atoms with Crippen molar-refractivity contribution in [2.24, 2.45) is 0 Å². The second-order valence-electron chi connectivity index (χ2n) is 6.89. The van der Waals surface area contributed by atoms with Crippen molar-refractivity contribution in [3.63, 3.8) is 0 Å². The summed E-state index contributed by atoms with van der Waals surface area (Å²) in [7, 11) is 0. The average Bonchev–Trinajstić information content (AvgIpc) is 3.40. The van der Waals surface area contributed by atoms with Crippen molar-refractivity contribution in [1.82, 2.24) is 4.98 Å². The van der Waals surface area contributed by atoms with Gasteiger partial charge >= 0.3 is 5.91 Å². The van der Waals surface area contributed by atoms with E-state index in [1.165, 1.54) is 16.2 Å². The van der Waals surface area contributed by atoms with Crippen LogP contribution < -0.4 is 14.4 Å². The summed E-state index contributed by atoms with van der Waals surface area (Å²) in [5.41, 5.74) is 0.942. The third-order valence-electron chi connectivity index (χ3n) is 5.07. The molecule has 5 rings (SSSR count). The molecule has 1 atom stereocenters. The summed E-state index contributed by atoms with van der Waals surface area (Å²) < 4.78 is 11.1. The van der Waals surface area contributed by atoms with Crippen molar-refractivity contribution in [2.75, 3.05) is 18.1 Å². The number of hydrogen-bond donors (Lipinski definition) is 1. The minimum Gasteiger partial charge on any atom is -0.507 e. The van der Waals surface area contributed by atoms with E-state index in [1.807, 2.05) is 0 Å². The maximum atomic E-state index is 13.1. The van der Waals surface area contributed by atoms with Gasteiger partial charge in [0, 0.05) is 22.2 Å². The first kappa shape index (κ1) is 19.6. The molecule has 0 bridgehead atoms. The van der Waals surface area contributed by atoms with Crippen LogP contribution in [0.15, 0.2) is 59.6 Å². The van der Waals surface area contributed by atoms with Crippen LogP contribution in [0, 0.1) is 0 Å². The van der Waals surface area contributed by atoms with Gasteiger partial charge in [0.2, 0.25) is 0 Å². The molecule has 1 fully saturated rings. The average molecular weight is 455 g/mol. The van der Waals surface area contributed by atoms with Gasteiger partial charge in [-0.15, -0.1) is 11.3 Å². The van der Waals surface area contributed by atoms with Crippen molar-refractivity contribution in [1.29, 1.82) is 0 Å². The second kappa shape index (κ2) is 7.72. The van der Waals surface area contributed by atoms with Gasteiger partial charge in [0.15, 0.2) is 16.6 Å². The number of fused-ring (bicyclic) bond motifs is 1. The summed E-state index contributed by atoms with van der Waals surface area (Å²) in [5, 5.41) is 13.7. The van der Waals surface area contributed by atoms with E-state index < -0.39 is 17.7 Å². The van der Waals surface area contributed by atoms with Crippen LogP contribution >= 0.6 is 22.9 Å². The highest BCUT2D eigenvalue weighted by Crippen LogP contribution is 2.43. The molecule has 0 saturated carbocycles. The predicted molar refractivity (Wildman–Crippen MR) is 116 cm³/mol. The Labute approximate surface area is 186 Å².